The van der Waals surface area contributed by atoms with E-state index in [2.05, 4.69) is 110 Å². The van der Waals surface area contributed by atoms with Crippen LogP contribution in [0.3, 0.4) is 0 Å². The van der Waals surface area contributed by atoms with Crippen molar-refractivity contribution < 1.29 is 13.0 Å². The standard InChI is InChI=1S/C21H20P.C6H6O3S/c1-22(20-13-7-3-8-14-20,21-15-9-4-10-16-21)18-17-19-11-5-2-6-12-19;7-10(8,9)6-4-2-1-3-5-6/h2-18H,1H3;1-5H,(H,7,8,9)/q+1;/p-1/b18-17+;. The molecule has 0 atom stereocenters. The maximum Gasteiger partial charge on any atom is 0.124 e. The molecular formula is C27H25O3PS. The lowest BCUT2D eigenvalue weighted by Gasteiger charge is -2.19. The van der Waals surface area contributed by atoms with Crippen LogP contribution in [0, 0.1) is 0 Å². The highest BCUT2D eigenvalue weighted by Gasteiger charge is 2.34. The Bertz CT molecular complexity index is 1190. The Kier molecular flexibility index (Phi) is 8.13. The van der Waals surface area contributed by atoms with Gasteiger partial charge in [-0.25, -0.2) is 8.42 Å². The van der Waals surface area contributed by atoms with E-state index in [4.69, 9.17) is 0 Å². The Labute approximate surface area is 191 Å². The Morgan fingerprint density at radius 2 is 1.00 bits per heavy atom. The second kappa shape index (κ2) is 11.0. The summed E-state index contributed by atoms with van der Waals surface area (Å²) in [4.78, 5) is -0.185. The van der Waals surface area contributed by atoms with Crippen molar-refractivity contribution in [2.45, 2.75) is 4.90 Å². The maximum absolute atomic E-state index is 10.3. The summed E-state index contributed by atoms with van der Waals surface area (Å²) in [5.41, 5.74) is 1.25. The van der Waals surface area contributed by atoms with Crippen molar-refractivity contribution in [3.8, 4) is 0 Å². The fourth-order valence-corrected chi connectivity index (χ4v) is 6.37. The van der Waals surface area contributed by atoms with Crippen LogP contribution in [0.25, 0.3) is 6.08 Å². The van der Waals surface area contributed by atoms with E-state index in [0.717, 1.165) is 0 Å². The van der Waals surface area contributed by atoms with Crippen molar-refractivity contribution >= 4 is 34.1 Å². The summed E-state index contributed by atoms with van der Waals surface area (Å²) in [6.45, 7) is 2.39. The summed E-state index contributed by atoms with van der Waals surface area (Å²) in [5, 5.41) is 2.82. The Morgan fingerprint density at radius 3 is 1.38 bits per heavy atom. The Balaban J connectivity index is 0.000000243. The Hall–Kier alpha value is -3.04. The molecule has 32 heavy (non-hydrogen) atoms. The van der Waals surface area contributed by atoms with Gasteiger partial charge in [0.05, 0.1) is 17.4 Å². The van der Waals surface area contributed by atoms with Crippen LogP contribution in [-0.4, -0.2) is 19.6 Å². The molecule has 0 amide bonds. The van der Waals surface area contributed by atoms with Gasteiger partial charge in [-0.3, -0.25) is 0 Å². The summed E-state index contributed by atoms with van der Waals surface area (Å²) >= 11 is 0. The molecule has 0 aliphatic rings. The molecule has 0 saturated heterocycles. The van der Waals surface area contributed by atoms with Crippen molar-refractivity contribution in [3.63, 3.8) is 0 Å². The topological polar surface area (TPSA) is 57.2 Å². The van der Waals surface area contributed by atoms with E-state index in [0.29, 0.717) is 0 Å². The fraction of sp³-hybridized carbons (Fsp3) is 0.0370. The molecule has 4 aromatic rings. The molecule has 4 aromatic carbocycles. The zero-order chi connectivity index (χ0) is 22.9. The lowest BCUT2D eigenvalue weighted by atomic mass is 10.2. The fourth-order valence-electron chi connectivity index (χ4n) is 3.18. The van der Waals surface area contributed by atoms with Gasteiger partial charge in [-0.15, -0.1) is 0 Å². The highest BCUT2D eigenvalue weighted by molar-refractivity contribution is 7.91. The molecule has 0 bridgehead atoms. The summed E-state index contributed by atoms with van der Waals surface area (Å²) in [6.07, 6.45) is 2.26. The van der Waals surface area contributed by atoms with Gasteiger partial charge in [-0.1, -0.05) is 84.9 Å². The molecule has 0 saturated carbocycles. The van der Waals surface area contributed by atoms with Crippen molar-refractivity contribution in [2.75, 3.05) is 6.66 Å². The molecule has 0 N–H and O–H groups in total. The SMILES string of the molecule is C[P+](/C=C/c1ccccc1)(c1ccccc1)c1ccccc1.O=S(=O)([O-])c1ccccc1. The van der Waals surface area contributed by atoms with Gasteiger partial charge in [-0.05, 0) is 48.0 Å². The summed E-state index contributed by atoms with van der Waals surface area (Å²) < 4.78 is 30.8. The molecule has 5 heteroatoms. The smallest absolute Gasteiger partial charge is 0.124 e. The van der Waals surface area contributed by atoms with Gasteiger partial charge < -0.3 is 4.55 Å². The van der Waals surface area contributed by atoms with Crippen LogP contribution in [0.5, 0.6) is 0 Å². The van der Waals surface area contributed by atoms with Crippen molar-refractivity contribution in [2.24, 2.45) is 0 Å². The third kappa shape index (κ3) is 6.48. The first kappa shape index (κ1) is 23.6. The minimum Gasteiger partial charge on any atom is -0.744 e. The van der Waals surface area contributed by atoms with Crippen molar-refractivity contribution in [1.82, 2.24) is 0 Å². The van der Waals surface area contributed by atoms with Crippen LogP contribution >= 0.6 is 7.26 Å². The van der Waals surface area contributed by atoms with Crippen LogP contribution in [0.1, 0.15) is 5.56 Å². The van der Waals surface area contributed by atoms with Gasteiger partial charge in [0.1, 0.15) is 28.0 Å². The predicted octanol–water partition coefficient (Wildman–Crippen LogP) is 5.55. The summed E-state index contributed by atoms with van der Waals surface area (Å²) in [6, 6.07) is 39.4. The molecule has 0 aliphatic heterocycles. The molecule has 0 aliphatic carbocycles. The molecule has 0 unspecified atom stereocenters. The largest absolute Gasteiger partial charge is 0.744 e. The first-order chi connectivity index (χ1) is 15.4. The van der Waals surface area contributed by atoms with Crippen LogP contribution in [-0.2, 0) is 10.1 Å². The van der Waals surface area contributed by atoms with E-state index >= 15 is 0 Å². The minimum absolute atomic E-state index is 0.185. The van der Waals surface area contributed by atoms with Crippen molar-refractivity contribution in [3.05, 3.63) is 133 Å². The van der Waals surface area contributed by atoms with Crippen molar-refractivity contribution in [1.29, 1.82) is 0 Å². The molecule has 3 nitrogen and oxygen atoms in total. The summed E-state index contributed by atoms with van der Waals surface area (Å²) in [7, 11) is -5.77. The van der Waals surface area contributed by atoms with Gasteiger partial charge in [0.25, 0.3) is 0 Å². The number of hydrogen-bond donors (Lipinski definition) is 0. The lowest BCUT2D eigenvalue weighted by Crippen LogP contribution is -2.19. The molecule has 162 valence electrons. The quantitative estimate of drug-likeness (QED) is 0.290. The van der Waals surface area contributed by atoms with Crippen LogP contribution < -0.4 is 10.6 Å². The highest BCUT2D eigenvalue weighted by Crippen LogP contribution is 2.54. The van der Waals surface area contributed by atoms with E-state index in [1.807, 2.05) is 0 Å². The first-order valence-electron chi connectivity index (χ1n) is 10.1. The average molecular weight is 461 g/mol. The van der Waals surface area contributed by atoms with Gasteiger partial charge in [-0.2, -0.15) is 0 Å². The minimum atomic E-state index is -4.25. The van der Waals surface area contributed by atoms with E-state index in [-0.39, 0.29) is 4.90 Å². The van der Waals surface area contributed by atoms with Gasteiger partial charge in [0.2, 0.25) is 0 Å². The van der Waals surface area contributed by atoms with E-state index in [1.54, 1.807) is 6.07 Å². The normalized spacial score (nSPS) is 11.6. The van der Waals surface area contributed by atoms with Crippen LogP contribution in [0.2, 0.25) is 0 Å². The monoisotopic (exact) mass is 460 g/mol. The third-order valence-corrected chi connectivity index (χ3v) is 9.32. The number of rotatable bonds is 5. The molecular weight excluding hydrogens is 435 g/mol. The van der Waals surface area contributed by atoms with E-state index in [1.165, 1.54) is 40.4 Å². The Morgan fingerprint density at radius 1 is 0.625 bits per heavy atom. The van der Waals surface area contributed by atoms with Gasteiger partial charge in [0.15, 0.2) is 0 Å². The van der Waals surface area contributed by atoms with E-state index < -0.39 is 17.4 Å². The number of hydrogen-bond acceptors (Lipinski definition) is 3. The second-order valence-corrected chi connectivity index (χ2v) is 12.1. The van der Waals surface area contributed by atoms with Gasteiger partial charge in [0, 0.05) is 0 Å². The second-order valence-electron chi connectivity index (χ2n) is 7.24. The number of benzene rings is 4. The third-order valence-electron chi connectivity index (χ3n) is 4.98. The predicted molar refractivity (Wildman–Crippen MR) is 135 cm³/mol. The van der Waals surface area contributed by atoms with Crippen LogP contribution in [0.4, 0.5) is 0 Å². The summed E-state index contributed by atoms with van der Waals surface area (Å²) in [5.74, 6) is 2.41. The van der Waals surface area contributed by atoms with Gasteiger partial charge >= 0.3 is 0 Å². The van der Waals surface area contributed by atoms with Crippen LogP contribution in [0.15, 0.2) is 132 Å². The first-order valence-corrected chi connectivity index (χ1v) is 13.8. The molecule has 0 spiro atoms. The zero-order valence-electron chi connectivity index (χ0n) is 17.8. The molecule has 4 rings (SSSR count). The molecule has 0 radical (unpaired) electrons. The van der Waals surface area contributed by atoms with E-state index in [9.17, 15) is 13.0 Å². The highest BCUT2D eigenvalue weighted by atomic mass is 32.2. The molecule has 0 aromatic heterocycles. The average Bonchev–Trinajstić information content (AvgIpc) is 2.85. The zero-order valence-corrected chi connectivity index (χ0v) is 19.5. The lowest BCUT2D eigenvalue weighted by molar-refractivity contribution is 0.463. The molecule has 0 fully saturated rings. The maximum atomic E-state index is 10.3. The molecule has 0 heterocycles.